The molecule has 0 radical (unpaired) electrons. The van der Waals surface area contributed by atoms with E-state index >= 15 is 0 Å². The van der Waals surface area contributed by atoms with Crippen molar-refractivity contribution in [3.63, 3.8) is 0 Å². The lowest BCUT2D eigenvalue weighted by molar-refractivity contribution is 0.144. The molecule has 80 valence electrons. The van der Waals surface area contributed by atoms with Crippen molar-refractivity contribution in [2.45, 2.75) is 65.9 Å². The van der Waals surface area contributed by atoms with E-state index in [4.69, 9.17) is 5.11 Å². The number of aliphatic hydroxyl groups excluding tert-OH is 1. The fourth-order valence-corrected chi connectivity index (χ4v) is 1.31. The van der Waals surface area contributed by atoms with Crippen LogP contribution in [0.15, 0.2) is 0 Å². The predicted octanol–water partition coefficient (Wildman–Crippen LogP) is 3.61. The standard InChI is InChI=1S/C7H14.C5H12O/c1-7-5-3-2-4-6-7;1-4(2)5(3)6/h7H,2-6H2,1H3;4-6H,1-3H3. The summed E-state index contributed by atoms with van der Waals surface area (Å²) in [4.78, 5) is 0. The number of hydrogen-bond acceptors (Lipinski definition) is 1. The van der Waals surface area contributed by atoms with Crippen LogP contribution >= 0.6 is 0 Å². The van der Waals surface area contributed by atoms with Crippen molar-refractivity contribution in [3.8, 4) is 0 Å². The largest absolute Gasteiger partial charge is 0.393 e. The highest BCUT2D eigenvalue weighted by atomic mass is 16.3. The highest BCUT2D eigenvalue weighted by Gasteiger charge is 2.05. The lowest BCUT2D eigenvalue weighted by Crippen LogP contribution is -2.07. The van der Waals surface area contributed by atoms with Gasteiger partial charge in [-0.25, -0.2) is 0 Å². The van der Waals surface area contributed by atoms with Crippen molar-refractivity contribution in [3.05, 3.63) is 0 Å². The molecule has 1 fully saturated rings. The van der Waals surface area contributed by atoms with Crippen LogP contribution in [0.5, 0.6) is 0 Å². The zero-order valence-electron chi connectivity index (χ0n) is 9.71. The van der Waals surface area contributed by atoms with Crippen LogP contribution in [0, 0.1) is 11.8 Å². The highest BCUT2D eigenvalue weighted by molar-refractivity contribution is 4.59. The minimum Gasteiger partial charge on any atom is -0.393 e. The Morgan fingerprint density at radius 3 is 1.54 bits per heavy atom. The van der Waals surface area contributed by atoms with Crippen molar-refractivity contribution in [2.75, 3.05) is 0 Å². The Hall–Kier alpha value is -0.0400. The fraction of sp³-hybridized carbons (Fsp3) is 1.00. The van der Waals surface area contributed by atoms with Gasteiger partial charge in [-0.1, -0.05) is 52.9 Å². The van der Waals surface area contributed by atoms with Crippen molar-refractivity contribution < 1.29 is 5.11 Å². The van der Waals surface area contributed by atoms with E-state index in [9.17, 15) is 0 Å². The maximum absolute atomic E-state index is 8.63. The zero-order valence-corrected chi connectivity index (χ0v) is 9.71. The molecule has 0 amide bonds. The maximum atomic E-state index is 8.63. The minimum absolute atomic E-state index is 0.148. The molecule has 1 aliphatic rings. The first-order chi connectivity index (χ1) is 6.04. The van der Waals surface area contributed by atoms with Crippen LogP contribution < -0.4 is 0 Å². The Morgan fingerprint density at radius 2 is 1.38 bits per heavy atom. The van der Waals surface area contributed by atoms with Crippen molar-refractivity contribution >= 4 is 0 Å². The van der Waals surface area contributed by atoms with Gasteiger partial charge in [0.25, 0.3) is 0 Å². The van der Waals surface area contributed by atoms with E-state index in [2.05, 4.69) is 6.92 Å². The van der Waals surface area contributed by atoms with Crippen molar-refractivity contribution in [1.82, 2.24) is 0 Å². The molecule has 1 heteroatoms. The number of hydrogen-bond donors (Lipinski definition) is 1. The van der Waals surface area contributed by atoms with Crippen LogP contribution in [0.25, 0.3) is 0 Å². The molecular weight excluding hydrogens is 160 g/mol. The Kier molecular flexibility index (Phi) is 7.35. The molecule has 0 aromatic rings. The molecule has 0 saturated heterocycles. The van der Waals surface area contributed by atoms with Crippen LogP contribution in [0.3, 0.4) is 0 Å². The molecule has 0 aromatic carbocycles. The van der Waals surface area contributed by atoms with Crippen LogP contribution in [0.1, 0.15) is 59.8 Å². The first kappa shape index (κ1) is 13.0. The summed E-state index contributed by atoms with van der Waals surface area (Å²) in [6.07, 6.45) is 7.29. The smallest absolute Gasteiger partial charge is 0.0535 e. The van der Waals surface area contributed by atoms with Gasteiger partial charge in [0.2, 0.25) is 0 Å². The SMILES string of the molecule is CC(C)C(C)O.CC1CCCCC1. The Bertz CT molecular complexity index is 95.7. The summed E-state index contributed by atoms with van der Waals surface area (Å²) in [5, 5.41) is 8.63. The first-order valence-corrected chi connectivity index (χ1v) is 5.72. The third-order valence-electron chi connectivity index (χ3n) is 2.86. The normalized spacial score (nSPS) is 20.8. The summed E-state index contributed by atoms with van der Waals surface area (Å²) in [5.74, 6) is 1.44. The third kappa shape index (κ3) is 8.29. The summed E-state index contributed by atoms with van der Waals surface area (Å²) >= 11 is 0. The monoisotopic (exact) mass is 186 g/mol. The van der Waals surface area contributed by atoms with Gasteiger partial charge in [-0.2, -0.15) is 0 Å². The number of rotatable bonds is 1. The average molecular weight is 186 g/mol. The molecule has 0 heterocycles. The van der Waals surface area contributed by atoms with E-state index in [1.165, 1.54) is 32.1 Å². The molecule has 13 heavy (non-hydrogen) atoms. The summed E-state index contributed by atoms with van der Waals surface area (Å²) in [7, 11) is 0. The van der Waals surface area contributed by atoms with Gasteiger partial charge >= 0.3 is 0 Å². The predicted molar refractivity (Wildman–Crippen MR) is 58.8 cm³/mol. The summed E-state index contributed by atoms with van der Waals surface area (Å²) in [6, 6.07) is 0. The van der Waals surface area contributed by atoms with E-state index in [1.807, 2.05) is 13.8 Å². The van der Waals surface area contributed by atoms with E-state index in [0.717, 1.165) is 5.92 Å². The number of aliphatic hydroxyl groups is 1. The molecular formula is C12H26O. The molecule has 1 saturated carbocycles. The molecule has 0 aliphatic heterocycles. The van der Waals surface area contributed by atoms with E-state index < -0.39 is 0 Å². The van der Waals surface area contributed by atoms with Crippen LogP contribution in [-0.2, 0) is 0 Å². The maximum Gasteiger partial charge on any atom is 0.0535 e. The Morgan fingerprint density at radius 1 is 1.00 bits per heavy atom. The van der Waals surface area contributed by atoms with Gasteiger partial charge in [-0.3, -0.25) is 0 Å². The second-order valence-corrected chi connectivity index (χ2v) is 4.73. The van der Waals surface area contributed by atoms with Gasteiger partial charge in [-0.15, -0.1) is 0 Å². The Labute approximate surface area is 83.5 Å². The second kappa shape index (κ2) is 7.37. The average Bonchev–Trinajstić information content (AvgIpc) is 2.06. The lowest BCUT2D eigenvalue weighted by Gasteiger charge is -2.15. The van der Waals surface area contributed by atoms with Gasteiger partial charge in [0, 0.05) is 0 Å². The molecule has 1 unspecified atom stereocenters. The molecule has 0 bridgehead atoms. The van der Waals surface area contributed by atoms with Gasteiger partial charge in [0.05, 0.1) is 6.10 Å². The third-order valence-corrected chi connectivity index (χ3v) is 2.86. The quantitative estimate of drug-likeness (QED) is 0.663. The van der Waals surface area contributed by atoms with Crippen molar-refractivity contribution in [2.24, 2.45) is 11.8 Å². The molecule has 1 nitrogen and oxygen atoms in total. The van der Waals surface area contributed by atoms with Crippen LogP contribution in [-0.4, -0.2) is 11.2 Å². The molecule has 0 spiro atoms. The lowest BCUT2D eigenvalue weighted by atomic mass is 9.91. The van der Waals surface area contributed by atoms with E-state index in [0.29, 0.717) is 5.92 Å². The Balaban J connectivity index is 0.000000226. The minimum atomic E-state index is -0.148. The first-order valence-electron chi connectivity index (χ1n) is 5.72. The fourth-order valence-electron chi connectivity index (χ4n) is 1.31. The van der Waals surface area contributed by atoms with Gasteiger partial charge in [0.15, 0.2) is 0 Å². The van der Waals surface area contributed by atoms with Gasteiger partial charge in [-0.05, 0) is 18.8 Å². The molecule has 1 N–H and O–H groups in total. The molecule has 0 aromatic heterocycles. The summed E-state index contributed by atoms with van der Waals surface area (Å²) in [5.41, 5.74) is 0. The van der Waals surface area contributed by atoms with Crippen molar-refractivity contribution in [1.29, 1.82) is 0 Å². The van der Waals surface area contributed by atoms with Crippen LogP contribution in [0.4, 0.5) is 0 Å². The molecule has 1 aliphatic carbocycles. The van der Waals surface area contributed by atoms with E-state index in [1.54, 1.807) is 6.92 Å². The summed E-state index contributed by atoms with van der Waals surface area (Å²) in [6.45, 7) is 8.14. The topological polar surface area (TPSA) is 20.2 Å². The highest BCUT2D eigenvalue weighted by Crippen LogP contribution is 2.22. The summed E-state index contributed by atoms with van der Waals surface area (Å²) < 4.78 is 0. The van der Waals surface area contributed by atoms with Gasteiger partial charge in [0.1, 0.15) is 0 Å². The van der Waals surface area contributed by atoms with E-state index in [-0.39, 0.29) is 6.10 Å². The van der Waals surface area contributed by atoms with Gasteiger partial charge < -0.3 is 5.11 Å². The second-order valence-electron chi connectivity index (χ2n) is 4.73. The van der Waals surface area contributed by atoms with Crippen LogP contribution in [0.2, 0.25) is 0 Å². The molecule has 1 atom stereocenters. The molecule has 1 rings (SSSR count). The zero-order chi connectivity index (χ0) is 10.3.